The second kappa shape index (κ2) is 11.2. The molecule has 2 amide bonds. The molecule has 1 fully saturated rings. The fourth-order valence-corrected chi connectivity index (χ4v) is 4.68. The van der Waals surface area contributed by atoms with Crippen molar-refractivity contribution >= 4 is 46.6 Å². The Morgan fingerprint density at radius 1 is 1.03 bits per heavy atom. The van der Waals surface area contributed by atoms with Gasteiger partial charge in [-0.1, -0.05) is 72.3 Å². The Morgan fingerprint density at radius 3 is 2.32 bits per heavy atom. The molecule has 1 aliphatic rings. The molecular formula is C24H27Cl3N2O2. The standard InChI is InChI=1S/C24H27Cl3N2O2/c1-16(24(31)28-19-9-3-2-4-10-19)29(15-17-7-5-8-18(25)13-17)23(30)14-20-21(26)11-6-12-22(20)27/h5-8,11-13,16,19H,2-4,9-10,14-15H2,1H3,(H,28,31). The van der Waals surface area contributed by atoms with Crippen LogP contribution in [0.4, 0.5) is 0 Å². The van der Waals surface area contributed by atoms with E-state index in [0.717, 1.165) is 31.2 Å². The molecule has 0 bridgehead atoms. The van der Waals surface area contributed by atoms with E-state index in [1.807, 2.05) is 12.1 Å². The smallest absolute Gasteiger partial charge is 0.242 e. The molecule has 0 radical (unpaired) electrons. The topological polar surface area (TPSA) is 49.4 Å². The SMILES string of the molecule is CC(C(=O)NC1CCCCC1)N(Cc1cccc(Cl)c1)C(=O)Cc1c(Cl)cccc1Cl. The van der Waals surface area contributed by atoms with E-state index in [4.69, 9.17) is 34.8 Å². The zero-order valence-electron chi connectivity index (χ0n) is 17.5. The molecule has 2 aromatic rings. The van der Waals surface area contributed by atoms with Gasteiger partial charge in [-0.3, -0.25) is 9.59 Å². The molecule has 2 aromatic carbocycles. The number of nitrogens with one attached hydrogen (secondary N) is 1. The van der Waals surface area contributed by atoms with Crippen molar-refractivity contribution in [1.29, 1.82) is 0 Å². The zero-order valence-corrected chi connectivity index (χ0v) is 19.8. The molecule has 1 N–H and O–H groups in total. The highest BCUT2D eigenvalue weighted by Crippen LogP contribution is 2.26. The van der Waals surface area contributed by atoms with Crippen molar-refractivity contribution in [3.63, 3.8) is 0 Å². The molecule has 1 aliphatic carbocycles. The second-order valence-electron chi connectivity index (χ2n) is 8.05. The van der Waals surface area contributed by atoms with Crippen LogP contribution in [0, 0.1) is 0 Å². The summed E-state index contributed by atoms with van der Waals surface area (Å²) in [6, 6.07) is 12.0. The van der Waals surface area contributed by atoms with Crippen LogP contribution in [0.5, 0.6) is 0 Å². The number of rotatable bonds is 7. The Morgan fingerprint density at radius 2 is 1.68 bits per heavy atom. The van der Waals surface area contributed by atoms with Gasteiger partial charge >= 0.3 is 0 Å². The van der Waals surface area contributed by atoms with Crippen molar-refractivity contribution in [1.82, 2.24) is 10.2 Å². The minimum Gasteiger partial charge on any atom is -0.352 e. The van der Waals surface area contributed by atoms with Crippen LogP contribution in [0.25, 0.3) is 0 Å². The lowest BCUT2D eigenvalue weighted by atomic mass is 9.95. The summed E-state index contributed by atoms with van der Waals surface area (Å²) in [5, 5.41) is 4.57. The van der Waals surface area contributed by atoms with Gasteiger partial charge in [0.1, 0.15) is 6.04 Å². The Bertz CT molecular complexity index is 909. The lowest BCUT2D eigenvalue weighted by Crippen LogP contribution is -2.50. The molecule has 0 aliphatic heterocycles. The summed E-state index contributed by atoms with van der Waals surface area (Å²) in [5.41, 5.74) is 1.41. The second-order valence-corrected chi connectivity index (χ2v) is 9.30. The van der Waals surface area contributed by atoms with Crippen molar-refractivity contribution < 1.29 is 9.59 Å². The zero-order chi connectivity index (χ0) is 22.4. The van der Waals surface area contributed by atoms with Crippen LogP contribution in [0.15, 0.2) is 42.5 Å². The van der Waals surface area contributed by atoms with Crippen molar-refractivity contribution in [3.8, 4) is 0 Å². The maximum absolute atomic E-state index is 13.3. The molecule has 31 heavy (non-hydrogen) atoms. The van der Waals surface area contributed by atoms with E-state index in [1.165, 1.54) is 6.42 Å². The number of hydrogen-bond acceptors (Lipinski definition) is 2. The van der Waals surface area contributed by atoms with Gasteiger partial charge in [0.15, 0.2) is 0 Å². The van der Waals surface area contributed by atoms with Crippen LogP contribution >= 0.6 is 34.8 Å². The van der Waals surface area contributed by atoms with Gasteiger partial charge in [0.2, 0.25) is 11.8 Å². The average molecular weight is 482 g/mol. The highest BCUT2D eigenvalue weighted by molar-refractivity contribution is 6.36. The molecule has 4 nitrogen and oxygen atoms in total. The molecule has 3 rings (SSSR count). The van der Waals surface area contributed by atoms with E-state index < -0.39 is 6.04 Å². The van der Waals surface area contributed by atoms with Crippen LogP contribution in [0.1, 0.15) is 50.2 Å². The van der Waals surface area contributed by atoms with Gasteiger partial charge in [0.25, 0.3) is 0 Å². The molecule has 0 aromatic heterocycles. The highest BCUT2D eigenvalue weighted by Gasteiger charge is 2.29. The predicted molar refractivity (Wildman–Crippen MR) is 127 cm³/mol. The van der Waals surface area contributed by atoms with Gasteiger partial charge in [-0.2, -0.15) is 0 Å². The summed E-state index contributed by atoms with van der Waals surface area (Å²) in [6.45, 7) is 2.02. The maximum Gasteiger partial charge on any atom is 0.242 e. The monoisotopic (exact) mass is 480 g/mol. The Kier molecular flexibility index (Phi) is 8.65. The summed E-state index contributed by atoms with van der Waals surface area (Å²) in [5.74, 6) is -0.367. The van der Waals surface area contributed by atoms with Gasteiger partial charge in [-0.15, -0.1) is 0 Å². The third kappa shape index (κ3) is 6.61. The first-order chi connectivity index (χ1) is 14.8. The van der Waals surface area contributed by atoms with Crippen LogP contribution in [0.3, 0.4) is 0 Å². The summed E-state index contributed by atoms with van der Waals surface area (Å²) in [6.07, 6.45) is 5.43. The van der Waals surface area contributed by atoms with E-state index in [1.54, 1.807) is 42.2 Å². The molecule has 1 unspecified atom stereocenters. The minimum absolute atomic E-state index is 0.0140. The van der Waals surface area contributed by atoms with E-state index in [2.05, 4.69) is 5.32 Å². The third-order valence-corrected chi connectivity index (χ3v) is 6.69. The van der Waals surface area contributed by atoms with Crippen molar-refractivity contribution in [2.24, 2.45) is 0 Å². The van der Waals surface area contributed by atoms with Crippen LogP contribution in [-0.4, -0.2) is 28.8 Å². The van der Waals surface area contributed by atoms with Crippen LogP contribution in [0.2, 0.25) is 15.1 Å². The van der Waals surface area contributed by atoms with Crippen molar-refractivity contribution in [2.45, 2.75) is 64.1 Å². The van der Waals surface area contributed by atoms with Gasteiger partial charge < -0.3 is 10.2 Å². The van der Waals surface area contributed by atoms with Gasteiger partial charge in [0, 0.05) is 27.7 Å². The molecule has 166 valence electrons. The fourth-order valence-electron chi connectivity index (χ4n) is 3.94. The predicted octanol–water partition coefficient (Wildman–Crippen LogP) is 6.06. The molecular weight excluding hydrogens is 455 g/mol. The fraction of sp³-hybridized carbons (Fsp3) is 0.417. The lowest BCUT2D eigenvalue weighted by molar-refractivity contribution is -0.140. The maximum atomic E-state index is 13.3. The first-order valence-corrected chi connectivity index (χ1v) is 11.8. The third-order valence-electron chi connectivity index (χ3n) is 5.75. The molecule has 0 heterocycles. The Labute approximate surface area is 198 Å². The van der Waals surface area contributed by atoms with E-state index in [-0.39, 0.29) is 30.8 Å². The van der Waals surface area contributed by atoms with E-state index in [0.29, 0.717) is 20.6 Å². The molecule has 0 saturated heterocycles. The van der Waals surface area contributed by atoms with Crippen LogP contribution in [-0.2, 0) is 22.6 Å². The lowest BCUT2D eigenvalue weighted by Gasteiger charge is -2.31. The average Bonchev–Trinajstić information content (AvgIpc) is 2.75. The summed E-state index contributed by atoms with van der Waals surface area (Å²) in [7, 11) is 0. The molecule has 0 spiro atoms. The summed E-state index contributed by atoms with van der Waals surface area (Å²) in [4.78, 5) is 27.9. The van der Waals surface area contributed by atoms with Crippen molar-refractivity contribution in [3.05, 3.63) is 68.7 Å². The Balaban J connectivity index is 1.80. The van der Waals surface area contributed by atoms with E-state index in [9.17, 15) is 9.59 Å². The molecule has 7 heteroatoms. The van der Waals surface area contributed by atoms with E-state index >= 15 is 0 Å². The first-order valence-electron chi connectivity index (χ1n) is 10.6. The number of nitrogens with zero attached hydrogens (tertiary/aromatic N) is 1. The number of amides is 2. The van der Waals surface area contributed by atoms with Crippen LogP contribution < -0.4 is 5.32 Å². The molecule has 1 saturated carbocycles. The first kappa shape index (κ1) is 23.9. The normalized spacial score (nSPS) is 15.4. The van der Waals surface area contributed by atoms with Gasteiger partial charge in [0.05, 0.1) is 6.42 Å². The summed E-state index contributed by atoms with van der Waals surface area (Å²) >= 11 is 18.7. The number of halogens is 3. The summed E-state index contributed by atoms with van der Waals surface area (Å²) < 4.78 is 0. The Hall–Kier alpha value is -1.75. The quantitative estimate of drug-likeness (QED) is 0.523. The van der Waals surface area contributed by atoms with Gasteiger partial charge in [-0.25, -0.2) is 0 Å². The van der Waals surface area contributed by atoms with Crippen molar-refractivity contribution in [2.75, 3.05) is 0 Å². The largest absolute Gasteiger partial charge is 0.352 e. The number of benzene rings is 2. The number of hydrogen-bond donors (Lipinski definition) is 1. The molecule has 1 atom stereocenters. The van der Waals surface area contributed by atoms with Gasteiger partial charge in [-0.05, 0) is 55.2 Å². The highest BCUT2D eigenvalue weighted by atomic mass is 35.5. The number of carbonyl (C=O) groups is 2. The number of carbonyl (C=O) groups excluding carboxylic acids is 2. The minimum atomic E-state index is -0.644.